The highest BCUT2D eigenvalue weighted by Crippen LogP contribution is 2.14. The molecule has 0 spiro atoms. The van der Waals surface area contributed by atoms with E-state index in [-0.39, 0.29) is 6.04 Å². The van der Waals surface area contributed by atoms with Crippen LogP contribution in [0.5, 0.6) is 5.75 Å². The number of methoxy groups -OCH3 is 1. The maximum Gasteiger partial charge on any atom is 0.118 e. The van der Waals surface area contributed by atoms with Gasteiger partial charge >= 0.3 is 0 Å². The van der Waals surface area contributed by atoms with Gasteiger partial charge in [0.05, 0.1) is 7.11 Å². The molecule has 0 fully saturated rings. The first kappa shape index (κ1) is 13.1. The molecule has 1 aromatic heterocycles. The number of hydrogen-bond acceptors (Lipinski definition) is 3. The van der Waals surface area contributed by atoms with Crippen molar-refractivity contribution in [1.29, 1.82) is 0 Å². The molecule has 18 heavy (non-hydrogen) atoms. The normalized spacial score (nSPS) is 12.3. The Balaban J connectivity index is 1.80. The Morgan fingerprint density at radius 2 is 1.94 bits per heavy atom. The van der Waals surface area contributed by atoms with Crippen molar-refractivity contribution < 1.29 is 4.74 Å². The standard InChI is InChI=1S/C15H19NOS/c1-17-15-6-3-12(4-7-15)10-14(16)5-2-13-8-9-18-11-13/h3-4,6-9,11,14H,2,5,10,16H2,1H3. The minimum absolute atomic E-state index is 0.221. The van der Waals surface area contributed by atoms with Crippen LogP contribution in [-0.4, -0.2) is 13.2 Å². The summed E-state index contributed by atoms with van der Waals surface area (Å²) in [5.74, 6) is 0.894. The van der Waals surface area contributed by atoms with Gasteiger partial charge in [-0.05, 0) is 59.3 Å². The predicted octanol–water partition coefficient (Wildman–Crippen LogP) is 3.26. The molecule has 2 rings (SSSR count). The van der Waals surface area contributed by atoms with Gasteiger partial charge in [0.1, 0.15) is 5.75 Å². The average Bonchev–Trinajstić information content (AvgIpc) is 2.90. The fraction of sp³-hybridized carbons (Fsp3) is 0.333. The van der Waals surface area contributed by atoms with Crippen LogP contribution >= 0.6 is 11.3 Å². The van der Waals surface area contributed by atoms with E-state index in [0.29, 0.717) is 0 Å². The quantitative estimate of drug-likeness (QED) is 0.866. The van der Waals surface area contributed by atoms with Crippen molar-refractivity contribution in [3.63, 3.8) is 0 Å². The lowest BCUT2D eigenvalue weighted by atomic mass is 10.0. The number of hydrogen-bond donors (Lipinski definition) is 1. The predicted molar refractivity (Wildman–Crippen MR) is 77.3 cm³/mol. The van der Waals surface area contributed by atoms with Crippen molar-refractivity contribution in [2.45, 2.75) is 25.3 Å². The van der Waals surface area contributed by atoms with E-state index in [1.165, 1.54) is 11.1 Å². The molecule has 2 nitrogen and oxygen atoms in total. The second-order valence-corrected chi connectivity index (χ2v) is 5.26. The van der Waals surface area contributed by atoms with E-state index in [4.69, 9.17) is 10.5 Å². The number of ether oxygens (including phenoxy) is 1. The Labute approximate surface area is 112 Å². The third-order valence-corrected chi connectivity index (χ3v) is 3.77. The lowest BCUT2D eigenvalue weighted by molar-refractivity contribution is 0.414. The molecular formula is C15H19NOS. The molecule has 1 unspecified atom stereocenters. The van der Waals surface area contributed by atoms with E-state index in [2.05, 4.69) is 29.0 Å². The van der Waals surface area contributed by atoms with Crippen LogP contribution in [0.1, 0.15) is 17.5 Å². The van der Waals surface area contributed by atoms with Crippen LogP contribution in [0.2, 0.25) is 0 Å². The molecule has 0 radical (unpaired) electrons. The van der Waals surface area contributed by atoms with Crippen LogP contribution < -0.4 is 10.5 Å². The zero-order valence-corrected chi connectivity index (χ0v) is 11.5. The summed E-state index contributed by atoms with van der Waals surface area (Å²) in [6.45, 7) is 0. The van der Waals surface area contributed by atoms with Gasteiger partial charge in [0, 0.05) is 6.04 Å². The molecule has 2 N–H and O–H groups in total. The topological polar surface area (TPSA) is 35.2 Å². The molecule has 0 amide bonds. The van der Waals surface area contributed by atoms with Gasteiger partial charge in [0.15, 0.2) is 0 Å². The van der Waals surface area contributed by atoms with Gasteiger partial charge in [-0.25, -0.2) is 0 Å². The maximum absolute atomic E-state index is 6.17. The van der Waals surface area contributed by atoms with Crippen molar-refractivity contribution in [2.24, 2.45) is 5.73 Å². The number of rotatable bonds is 6. The number of aryl methyl sites for hydroxylation is 1. The summed E-state index contributed by atoms with van der Waals surface area (Å²) < 4.78 is 5.14. The number of benzene rings is 1. The lowest BCUT2D eigenvalue weighted by Gasteiger charge is -2.11. The summed E-state index contributed by atoms with van der Waals surface area (Å²) in [5, 5.41) is 4.31. The summed E-state index contributed by atoms with van der Waals surface area (Å²) in [7, 11) is 1.68. The van der Waals surface area contributed by atoms with Crippen LogP contribution in [0.4, 0.5) is 0 Å². The summed E-state index contributed by atoms with van der Waals surface area (Å²) in [6, 6.07) is 10.5. The molecule has 1 atom stereocenters. The van der Waals surface area contributed by atoms with E-state index in [1.54, 1.807) is 18.4 Å². The van der Waals surface area contributed by atoms with Crippen LogP contribution in [0.15, 0.2) is 41.1 Å². The van der Waals surface area contributed by atoms with E-state index in [9.17, 15) is 0 Å². The Bertz CT molecular complexity index is 450. The second-order valence-electron chi connectivity index (χ2n) is 4.48. The minimum atomic E-state index is 0.221. The van der Waals surface area contributed by atoms with Gasteiger partial charge in [-0.1, -0.05) is 12.1 Å². The molecule has 0 bridgehead atoms. The highest BCUT2D eigenvalue weighted by Gasteiger charge is 2.05. The summed E-state index contributed by atoms with van der Waals surface area (Å²) >= 11 is 1.74. The van der Waals surface area contributed by atoms with Crippen molar-refractivity contribution in [3.05, 3.63) is 52.2 Å². The third-order valence-electron chi connectivity index (χ3n) is 3.04. The molecule has 1 heterocycles. The minimum Gasteiger partial charge on any atom is -0.497 e. The fourth-order valence-electron chi connectivity index (χ4n) is 1.95. The molecule has 96 valence electrons. The highest BCUT2D eigenvalue weighted by atomic mass is 32.1. The third kappa shape index (κ3) is 3.86. The van der Waals surface area contributed by atoms with E-state index in [0.717, 1.165) is 25.0 Å². The lowest BCUT2D eigenvalue weighted by Crippen LogP contribution is -2.23. The van der Waals surface area contributed by atoms with Gasteiger partial charge in [-0.3, -0.25) is 0 Å². The molecule has 0 saturated heterocycles. The average molecular weight is 261 g/mol. The Morgan fingerprint density at radius 3 is 2.56 bits per heavy atom. The first-order valence-electron chi connectivity index (χ1n) is 6.17. The SMILES string of the molecule is COc1ccc(CC(N)CCc2ccsc2)cc1. The van der Waals surface area contributed by atoms with E-state index >= 15 is 0 Å². The largest absolute Gasteiger partial charge is 0.497 e. The Kier molecular flexibility index (Phi) is 4.79. The molecule has 0 saturated carbocycles. The first-order valence-corrected chi connectivity index (χ1v) is 7.12. The highest BCUT2D eigenvalue weighted by molar-refractivity contribution is 7.07. The van der Waals surface area contributed by atoms with Crippen molar-refractivity contribution in [3.8, 4) is 5.75 Å². The number of nitrogens with two attached hydrogens (primary N) is 1. The second kappa shape index (κ2) is 6.57. The smallest absolute Gasteiger partial charge is 0.118 e. The van der Waals surface area contributed by atoms with E-state index < -0.39 is 0 Å². The molecule has 0 aliphatic heterocycles. The number of thiophene rings is 1. The Morgan fingerprint density at radius 1 is 1.17 bits per heavy atom. The zero-order valence-electron chi connectivity index (χ0n) is 10.6. The summed E-state index contributed by atoms with van der Waals surface area (Å²) in [4.78, 5) is 0. The fourth-order valence-corrected chi connectivity index (χ4v) is 2.66. The van der Waals surface area contributed by atoms with Crippen LogP contribution in [0.3, 0.4) is 0 Å². The van der Waals surface area contributed by atoms with Crippen LogP contribution in [0.25, 0.3) is 0 Å². The molecule has 3 heteroatoms. The molecular weight excluding hydrogens is 242 g/mol. The molecule has 0 aliphatic carbocycles. The maximum atomic E-state index is 6.17. The van der Waals surface area contributed by atoms with Gasteiger partial charge in [-0.15, -0.1) is 0 Å². The zero-order chi connectivity index (χ0) is 12.8. The monoisotopic (exact) mass is 261 g/mol. The van der Waals surface area contributed by atoms with Crippen LogP contribution in [-0.2, 0) is 12.8 Å². The molecule has 0 aliphatic rings. The summed E-state index contributed by atoms with van der Waals surface area (Å²) in [6.07, 6.45) is 3.03. The van der Waals surface area contributed by atoms with Gasteiger partial charge in [-0.2, -0.15) is 11.3 Å². The molecule has 2 aromatic rings. The van der Waals surface area contributed by atoms with Gasteiger partial charge in [0.25, 0.3) is 0 Å². The first-order chi connectivity index (χ1) is 8.78. The van der Waals surface area contributed by atoms with Gasteiger partial charge in [0.2, 0.25) is 0 Å². The van der Waals surface area contributed by atoms with Crippen molar-refractivity contribution in [1.82, 2.24) is 0 Å². The van der Waals surface area contributed by atoms with Crippen molar-refractivity contribution in [2.75, 3.05) is 7.11 Å². The molecule has 1 aromatic carbocycles. The van der Waals surface area contributed by atoms with E-state index in [1.807, 2.05) is 12.1 Å². The van der Waals surface area contributed by atoms with Crippen LogP contribution in [0, 0.1) is 0 Å². The van der Waals surface area contributed by atoms with Crippen molar-refractivity contribution >= 4 is 11.3 Å². The Hall–Kier alpha value is -1.32. The summed E-state index contributed by atoms with van der Waals surface area (Å²) in [5.41, 5.74) is 8.83. The van der Waals surface area contributed by atoms with Gasteiger partial charge < -0.3 is 10.5 Å².